The number of hydrogen-bond acceptors (Lipinski definition) is 5. The maximum absolute atomic E-state index is 13.5. The fourth-order valence-electron chi connectivity index (χ4n) is 3.18. The summed E-state index contributed by atoms with van der Waals surface area (Å²) in [7, 11) is 0. The lowest BCUT2D eigenvalue weighted by molar-refractivity contribution is 0.0977. The van der Waals surface area contributed by atoms with Crippen LogP contribution < -0.4 is 10.6 Å². The Hall–Kier alpha value is -1.70. The van der Waals surface area contributed by atoms with Crippen molar-refractivity contribution in [2.45, 2.75) is 5.54 Å². The number of fused-ring (bicyclic) bond motifs is 1. The zero-order valence-corrected chi connectivity index (χ0v) is 14.4. The van der Waals surface area contributed by atoms with E-state index in [9.17, 15) is 9.18 Å². The molecular weight excluding hydrogens is 345 g/mol. The summed E-state index contributed by atoms with van der Waals surface area (Å²) >= 11 is 2.69. The molecule has 1 aromatic carbocycles. The minimum atomic E-state index is -0.473. The third kappa shape index (κ3) is 2.76. The molecule has 1 saturated heterocycles. The zero-order chi connectivity index (χ0) is 16.6. The predicted molar refractivity (Wildman–Crippen MR) is 96.1 cm³/mol. The summed E-state index contributed by atoms with van der Waals surface area (Å²) < 4.78 is 13.5. The molecule has 2 aliphatic heterocycles. The van der Waals surface area contributed by atoms with Crippen molar-refractivity contribution < 1.29 is 9.18 Å². The highest BCUT2D eigenvalue weighted by molar-refractivity contribution is 8.13. The van der Waals surface area contributed by atoms with E-state index >= 15 is 0 Å². The number of nitrogens with one attached hydrogen (secondary N) is 2. The van der Waals surface area contributed by atoms with Gasteiger partial charge >= 0.3 is 0 Å². The summed E-state index contributed by atoms with van der Waals surface area (Å²) in [4.78, 5) is 18.1. The Balaban J connectivity index is 1.63. The third-order valence-corrected chi connectivity index (χ3v) is 6.52. The van der Waals surface area contributed by atoms with Gasteiger partial charge < -0.3 is 10.6 Å². The molecule has 2 aliphatic rings. The van der Waals surface area contributed by atoms with E-state index < -0.39 is 5.54 Å². The van der Waals surface area contributed by atoms with Gasteiger partial charge in [0.1, 0.15) is 5.54 Å². The van der Waals surface area contributed by atoms with Crippen molar-refractivity contribution in [3.05, 3.63) is 58.0 Å². The van der Waals surface area contributed by atoms with Gasteiger partial charge in [0, 0.05) is 35.2 Å². The van der Waals surface area contributed by atoms with Crippen LogP contribution in [0.2, 0.25) is 0 Å². The molecule has 0 bridgehead atoms. The number of amidine groups is 1. The number of nitrogens with zero attached hydrogens (tertiary/aromatic N) is 1. The molecule has 24 heavy (non-hydrogen) atoms. The van der Waals surface area contributed by atoms with Crippen LogP contribution in [-0.4, -0.2) is 29.9 Å². The van der Waals surface area contributed by atoms with Crippen LogP contribution >= 0.6 is 23.1 Å². The molecule has 2 unspecified atom stereocenters. The van der Waals surface area contributed by atoms with Crippen molar-refractivity contribution in [3.8, 4) is 0 Å². The highest BCUT2D eigenvalue weighted by Gasteiger charge is 2.48. The van der Waals surface area contributed by atoms with Gasteiger partial charge in [0.05, 0.1) is 0 Å². The van der Waals surface area contributed by atoms with Crippen LogP contribution in [0.5, 0.6) is 0 Å². The SMILES string of the molecule is O=C(NC1=NC2(c3ccc(F)s3)CNCC2CS1)c1ccccc1. The molecule has 1 fully saturated rings. The molecule has 4 nitrogen and oxygen atoms in total. The largest absolute Gasteiger partial charge is 0.314 e. The van der Waals surface area contributed by atoms with E-state index in [1.807, 2.05) is 24.3 Å². The summed E-state index contributed by atoms with van der Waals surface area (Å²) in [5.74, 6) is 0.983. The molecule has 1 aromatic heterocycles. The Bertz CT molecular complexity index is 792. The average Bonchev–Trinajstić information content (AvgIpc) is 3.22. The number of carbonyl (C=O) groups excluding carboxylic acids is 1. The molecule has 7 heteroatoms. The lowest BCUT2D eigenvalue weighted by Gasteiger charge is -2.34. The molecule has 124 valence electrons. The number of aliphatic imine (C=N–C) groups is 1. The second-order valence-electron chi connectivity index (χ2n) is 5.90. The van der Waals surface area contributed by atoms with E-state index in [1.54, 1.807) is 23.9 Å². The first-order valence-electron chi connectivity index (χ1n) is 7.73. The maximum Gasteiger partial charge on any atom is 0.257 e. The lowest BCUT2D eigenvalue weighted by Crippen LogP contribution is -2.42. The van der Waals surface area contributed by atoms with Crippen LogP contribution in [0.3, 0.4) is 0 Å². The molecule has 4 rings (SSSR count). The number of benzene rings is 1. The van der Waals surface area contributed by atoms with Gasteiger partial charge in [0.25, 0.3) is 5.91 Å². The standard InChI is InChI=1S/C17H16FN3OS2/c18-14-7-6-13(24-14)17-10-19-8-12(17)9-23-16(21-17)20-15(22)11-4-2-1-3-5-11/h1-7,12,19H,8-10H2,(H,20,21,22). The molecule has 1 amide bonds. The van der Waals surface area contributed by atoms with Crippen LogP contribution in [0.4, 0.5) is 4.39 Å². The Kier molecular flexibility index (Phi) is 4.15. The quantitative estimate of drug-likeness (QED) is 0.865. The minimum absolute atomic E-state index is 0.168. The van der Waals surface area contributed by atoms with Crippen molar-refractivity contribution in [1.82, 2.24) is 10.6 Å². The number of halogens is 1. The number of rotatable bonds is 2. The molecule has 3 heterocycles. The Labute approximate surface area is 147 Å². The van der Waals surface area contributed by atoms with E-state index in [4.69, 9.17) is 4.99 Å². The Morgan fingerprint density at radius 1 is 1.29 bits per heavy atom. The molecule has 0 spiro atoms. The highest BCUT2D eigenvalue weighted by Crippen LogP contribution is 2.44. The molecule has 0 saturated carbocycles. The monoisotopic (exact) mass is 361 g/mol. The first-order chi connectivity index (χ1) is 11.7. The number of thiophene rings is 1. The van der Waals surface area contributed by atoms with E-state index in [-0.39, 0.29) is 11.0 Å². The van der Waals surface area contributed by atoms with Gasteiger partial charge in [-0.05, 0) is 24.3 Å². The molecular formula is C17H16FN3OS2. The Morgan fingerprint density at radius 3 is 2.88 bits per heavy atom. The number of amides is 1. The molecule has 0 radical (unpaired) electrons. The van der Waals surface area contributed by atoms with Gasteiger partial charge in [-0.15, -0.1) is 11.3 Å². The van der Waals surface area contributed by atoms with Crippen molar-refractivity contribution in [3.63, 3.8) is 0 Å². The van der Waals surface area contributed by atoms with Crippen molar-refractivity contribution >= 4 is 34.2 Å². The van der Waals surface area contributed by atoms with Crippen LogP contribution in [0, 0.1) is 11.0 Å². The fraction of sp³-hybridized carbons (Fsp3) is 0.294. The normalized spacial score (nSPS) is 25.9. The first-order valence-corrected chi connectivity index (χ1v) is 9.53. The fourth-order valence-corrected chi connectivity index (χ4v) is 5.27. The highest BCUT2D eigenvalue weighted by atomic mass is 32.2. The number of carbonyl (C=O) groups is 1. The van der Waals surface area contributed by atoms with Gasteiger partial charge in [0.2, 0.25) is 0 Å². The van der Waals surface area contributed by atoms with E-state index in [1.165, 1.54) is 6.07 Å². The van der Waals surface area contributed by atoms with Crippen LogP contribution in [0.25, 0.3) is 0 Å². The van der Waals surface area contributed by atoms with Gasteiger partial charge in [-0.3, -0.25) is 4.79 Å². The van der Waals surface area contributed by atoms with Crippen molar-refractivity contribution in [1.29, 1.82) is 0 Å². The summed E-state index contributed by atoms with van der Waals surface area (Å²) in [6.45, 7) is 1.53. The molecule has 2 atom stereocenters. The van der Waals surface area contributed by atoms with Crippen LogP contribution in [-0.2, 0) is 5.54 Å². The summed E-state index contributed by atoms with van der Waals surface area (Å²) in [5, 5.41) is 6.68. The maximum atomic E-state index is 13.5. The van der Waals surface area contributed by atoms with Crippen LogP contribution in [0.15, 0.2) is 47.5 Å². The van der Waals surface area contributed by atoms with Gasteiger partial charge in [-0.25, -0.2) is 4.99 Å². The molecule has 2 N–H and O–H groups in total. The van der Waals surface area contributed by atoms with Crippen LogP contribution in [0.1, 0.15) is 15.2 Å². The predicted octanol–water partition coefficient (Wildman–Crippen LogP) is 2.83. The third-order valence-electron chi connectivity index (χ3n) is 4.44. The zero-order valence-electron chi connectivity index (χ0n) is 12.8. The second kappa shape index (κ2) is 6.31. The topological polar surface area (TPSA) is 53.5 Å². The smallest absolute Gasteiger partial charge is 0.257 e. The Morgan fingerprint density at radius 2 is 2.12 bits per heavy atom. The minimum Gasteiger partial charge on any atom is -0.314 e. The van der Waals surface area contributed by atoms with Crippen molar-refractivity contribution in [2.24, 2.45) is 10.9 Å². The second-order valence-corrected chi connectivity index (χ2v) is 7.95. The van der Waals surface area contributed by atoms with E-state index in [0.29, 0.717) is 23.2 Å². The number of thioether (sulfide) groups is 1. The summed E-state index contributed by atoms with van der Waals surface area (Å²) in [5.41, 5.74) is 0.128. The lowest BCUT2D eigenvalue weighted by atomic mass is 9.87. The molecule has 2 aromatic rings. The summed E-state index contributed by atoms with van der Waals surface area (Å²) in [6, 6.07) is 12.4. The first kappa shape index (κ1) is 15.8. The van der Waals surface area contributed by atoms with E-state index in [2.05, 4.69) is 10.6 Å². The number of hydrogen-bond donors (Lipinski definition) is 2. The van der Waals surface area contributed by atoms with Gasteiger partial charge in [-0.2, -0.15) is 4.39 Å². The van der Waals surface area contributed by atoms with E-state index in [0.717, 1.165) is 28.5 Å². The average molecular weight is 361 g/mol. The summed E-state index contributed by atoms with van der Waals surface area (Å²) in [6.07, 6.45) is 0. The van der Waals surface area contributed by atoms with Gasteiger partial charge in [0.15, 0.2) is 10.3 Å². The molecule has 0 aliphatic carbocycles. The van der Waals surface area contributed by atoms with Gasteiger partial charge in [-0.1, -0.05) is 30.0 Å². The van der Waals surface area contributed by atoms with Crippen molar-refractivity contribution in [2.75, 3.05) is 18.8 Å².